The fourth-order valence-electron chi connectivity index (χ4n) is 4.70. The van der Waals surface area contributed by atoms with Gasteiger partial charge in [0, 0.05) is 17.5 Å². The summed E-state index contributed by atoms with van der Waals surface area (Å²) in [7, 11) is 0. The molecule has 16 heteroatoms. The molecule has 0 fully saturated rings. The van der Waals surface area contributed by atoms with Gasteiger partial charge in [-0.3, -0.25) is 40.5 Å². The van der Waals surface area contributed by atoms with Crippen molar-refractivity contribution < 1.29 is 38.8 Å². The Morgan fingerprint density at radius 2 is 0.915 bits per heavy atom. The van der Waals surface area contributed by atoms with Crippen LogP contribution in [0.15, 0.2) is 72.8 Å². The van der Waals surface area contributed by atoms with Crippen molar-refractivity contribution in [1.29, 1.82) is 0 Å². The molecule has 0 radical (unpaired) electrons. The van der Waals surface area contributed by atoms with E-state index in [0.717, 1.165) is 35.4 Å². The van der Waals surface area contributed by atoms with Crippen molar-refractivity contribution >= 4 is 34.7 Å². The van der Waals surface area contributed by atoms with Crippen LogP contribution in [0.1, 0.15) is 56.8 Å². The van der Waals surface area contributed by atoms with Gasteiger partial charge in [0.15, 0.2) is 0 Å². The van der Waals surface area contributed by atoms with Crippen LogP contribution in [0.25, 0.3) is 0 Å². The molecular weight excluding hydrogens is 620 g/mol. The number of carbonyl (C=O) groups excluding carboxylic acids is 2. The number of aryl methyl sites for hydroxylation is 2. The largest absolute Gasteiger partial charge is 0.422 e. The van der Waals surface area contributed by atoms with Gasteiger partial charge in [0.05, 0.1) is 31.8 Å². The van der Waals surface area contributed by atoms with E-state index in [1.807, 2.05) is 13.8 Å². The second-order valence-corrected chi connectivity index (χ2v) is 10.8. The molecule has 0 saturated heterocycles. The molecular formula is C31H24N4O12. The third kappa shape index (κ3) is 6.90. The molecule has 0 unspecified atom stereocenters. The monoisotopic (exact) mass is 644 g/mol. The molecule has 4 aromatic carbocycles. The van der Waals surface area contributed by atoms with Gasteiger partial charge in [-0.2, -0.15) is 0 Å². The molecule has 47 heavy (non-hydrogen) atoms. The number of non-ortho nitro benzene ring substituents is 2. The summed E-state index contributed by atoms with van der Waals surface area (Å²) in [5.74, 6) is -1.91. The zero-order valence-electron chi connectivity index (χ0n) is 25.1. The maximum atomic E-state index is 12.8. The zero-order chi connectivity index (χ0) is 34.8. The highest BCUT2D eigenvalue weighted by molar-refractivity contribution is 5.96. The molecule has 0 N–H and O–H groups in total. The van der Waals surface area contributed by atoms with Gasteiger partial charge in [0.2, 0.25) is 0 Å². The van der Waals surface area contributed by atoms with Gasteiger partial charge < -0.3 is 9.47 Å². The maximum absolute atomic E-state index is 12.8. The number of hydrogen-bond donors (Lipinski definition) is 0. The quantitative estimate of drug-likeness (QED) is 0.0760. The molecule has 0 aliphatic rings. The van der Waals surface area contributed by atoms with Crippen molar-refractivity contribution in [1.82, 2.24) is 0 Å². The van der Waals surface area contributed by atoms with Crippen LogP contribution in [0, 0.1) is 54.3 Å². The fraction of sp³-hybridized carbons (Fsp3) is 0.161. The molecule has 4 aromatic rings. The Morgan fingerprint density at radius 1 is 0.553 bits per heavy atom. The van der Waals surface area contributed by atoms with E-state index in [4.69, 9.17) is 9.47 Å². The van der Waals surface area contributed by atoms with Crippen molar-refractivity contribution in [3.05, 3.63) is 147 Å². The van der Waals surface area contributed by atoms with Gasteiger partial charge in [-0.25, -0.2) is 9.59 Å². The fourth-order valence-corrected chi connectivity index (χ4v) is 4.70. The SMILES string of the molecule is Cc1cc(C(C)(C)c2ccc(OC(=O)c3ccc([N+](=O)[O-])cc3[N+](=O)[O-])c(C)c2)ccc1OC(=O)c1ccc([N+](=O)[O-])cc1[N+](=O)[O-]. The number of carbonyl (C=O) groups is 2. The Balaban J connectivity index is 1.55. The molecule has 0 aliphatic heterocycles. The first-order valence-corrected chi connectivity index (χ1v) is 13.5. The van der Waals surface area contributed by atoms with Crippen molar-refractivity contribution in [3.8, 4) is 11.5 Å². The van der Waals surface area contributed by atoms with E-state index < -0.39 is 70.9 Å². The number of rotatable bonds is 10. The van der Waals surface area contributed by atoms with E-state index in [2.05, 4.69) is 0 Å². The van der Waals surface area contributed by atoms with Gasteiger partial charge in [-0.05, 0) is 60.4 Å². The first-order chi connectivity index (χ1) is 22.0. The Morgan fingerprint density at radius 3 is 1.21 bits per heavy atom. The summed E-state index contributed by atoms with van der Waals surface area (Å²) in [5.41, 5.74) is -1.62. The standard InChI is InChI=1S/C31H24N4O12/c1-17-13-19(5-11-27(17)46-29(36)23-9-7-21(32(38)39)15-25(23)34(42)43)31(3,4)20-6-12-28(18(2)14-20)47-30(37)24-10-8-22(33(40)41)16-26(24)35(44)45/h5-16H,1-4H3. The maximum Gasteiger partial charge on any atom is 0.350 e. The summed E-state index contributed by atoms with van der Waals surface area (Å²) in [6.45, 7) is 7.15. The minimum atomic E-state index is -1.07. The second-order valence-electron chi connectivity index (χ2n) is 10.8. The van der Waals surface area contributed by atoms with Crippen molar-refractivity contribution in [2.24, 2.45) is 0 Å². The van der Waals surface area contributed by atoms with Gasteiger partial charge in [0.25, 0.3) is 22.7 Å². The molecule has 0 atom stereocenters. The molecule has 0 aromatic heterocycles. The molecule has 0 bridgehead atoms. The summed E-state index contributed by atoms with van der Waals surface area (Å²) >= 11 is 0. The van der Waals surface area contributed by atoms with Crippen LogP contribution < -0.4 is 9.47 Å². The predicted octanol–water partition coefficient (Wildman–Crippen LogP) is 6.70. The van der Waals surface area contributed by atoms with Crippen LogP contribution in [0.3, 0.4) is 0 Å². The predicted molar refractivity (Wildman–Crippen MR) is 164 cm³/mol. The Kier molecular flexibility index (Phi) is 9.07. The van der Waals surface area contributed by atoms with E-state index in [-0.39, 0.29) is 11.5 Å². The van der Waals surface area contributed by atoms with E-state index >= 15 is 0 Å². The number of nitro groups is 4. The highest BCUT2D eigenvalue weighted by atomic mass is 16.6. The van der Waals surface area contributed by atoms with Crippen LogP contribution >= 0.6 is 0 Å². The molecule has 16 nitrogen and oxygen atoms in total. The lowest BCUT2D eigenvalue weighted by Crippen LogP contribution is -2.20. The zero-order valence-corrected chi connectivity index (χ0v) is 25.1. The van der Waals surface area contributed by atoms with Gasteiger partial charge in [0.1, 0.15) is 22.6 Å². The summed E-state index contributed by atoms with van der Waals surface area (Å²) < 4.78 is 10.8. The third-order valence-corrected chi connectivity index (χ3v) is 7.42. The normalized spacial score (nSPS) is 11.0. The lowest BCUT2D eigenvalue weighted by molar-refractivity contribution is -0.394. The lowest BCUT2D eigenvalue weighted by Gasteiger charge is -2.27. The van der Waals surface area contributed by atoms with Crippen molar-refractivity contribution in [2.75, 3.05) is 0 Å². The molecule has 0 amide bonds. The van der Waals surface area contributed by atoms with E-state index in [1.54, 1.807) is 38.1 Å². The second kappa shape index (κ2) is 12.8. The number of nitrogens with zero attached hydrogens (tertiary/aromatic N) is 4. The van der Waals surface area contributed by atoms with E-state index in [0.29, 0.717) is 23.3 Å². The Labute approximate surface area is 264 Å². The molecule has 0 aliphatic carbocycles. The molecule has 0 spiro atoms. The molecule has 4 rings (SSSR count). The minimum Gasteiger partial charge on any atom is -0.422 e. The molecule has 0 heterocycles. The van der Waals surface area contributed by atoms with Crippen LogP contribution in [-0.4, -0.2) is 31.6 Å². The van der Waals surface area contributed by atoms with Crippen molar-refractivity contribution in [2.45, 2.75) is 33.1 Å². The number of hydrogen-bond acceptors (Lipinski definition) is 12. The molecule has 240 valence electrons. The highest BCUT2D eigenvalue weighted by Crippen LogP contribution is 2.37. The Bertz CT molecular complexity index is 1860. The van der Waals surface area contributed by atoms with Crippen molar-refractivity contribution in [3.63, 3.8) is 0 Å². The highest BCUT2D eigenvalue weighted by Gasteiger charge is 2.29. The van der Waals surface area contributed by atoms with Gasteiger partial charge >= 0.3 is 11.9 Å². The summed E-state index contributed by atoms with van der Waals surface area (Å²) in [6, 6.07) is 15.1. The number of ether oxygens (including phenoxy) is 2. The van der Waals surface area contributed by atoms with Gasteiger partial charge in [-0.1, -0.05) is 38.1 Å². The topological polar surface area (TPSA) is 225 Å². The van der Waals surface area contributed by atoms with E-state index in [9.17, 15) is 50.0 Å². The number of nitro benzene ring substituents is 4. The minimum absolute atomic E-state index is 0.112. The summed E-state index contributed by atoms with van der Waals surface area (Å²) in [4.78, 5) is 67.1. The number of esters is 2. The van der Waals surface area contributed by atoms with E-state index in [1.165, 1.54) is 12.1 Å². The van der Waals surface area contributed by atoms with Crippen LogP contribution in [0.4, 0.5) is 22.7 Å². The summed E-state index contributed by atoms with van der Waals surface area (Å²) in [5, 5.41) is 44.9. The van der Waals surface area contributed by atoms with Gasteiger partial charge in [-0.15, -0.1) is 0 Å². The summed E-state index contributed by atoms with van der Waals surface area (Å²) in [6.07, 6.45) is 0. The third-order valence-electron chi connectivity index (χ3n) is 7.42. The average molecular weight is 645 g/mol. The average Bonchev–Trinajstić information content (AvgIpc) is 3.01. The smallest absolute Gasteiger partial charge is 0.350 e. The first kappa shape index (κ1) is 33.3. The molecule has 0 saturated carbocycles. The Hall–Kier alpha value is -6.58. The lowest BCUT2D eigenvalue weighted by atomic mass is 9.77. The first-order valence-electron chi connectivity index (χ1n) is 13.5. The number of benzene rings is 4. The van der Waals surface area contributed by atoms with Crippen LogP contribution in [-0.2, 0) is 5.41 Å². The van der Waals surface area contributed by atoms with Crippen LogP contribution in [0.2, 0.25) is 0 Å². The van der Waals surface area contributed by atoms with Crippen LogP contribution in [0.5, 0.6) is 11.5 Å².